The van der Waals surface area contributed by atoms with Crippen LogP contribution in [0.2, 0.25) is 0 Å². The quantitative estimate of drug-likeness (QED) is 0.711. The van der Waals surface area contributed by atoms with Gasteiger partial charge in [0.1, 0.15) is 11.4 Å². The highest BCUT2D eigenvalue weighted by molar-refractivity contribution is 6.18. The number of alkyl halides is 2. The second-order valence-corrected chi connectivity index (χ2v) is 5.49. The van der Waals surface area contributed by atoms with Crippen LogP contribution in [0.25, 0.3) is 0 Å². The summed E-state index contributed by atoms with van der Waals surface area (Å²) in [5.74, 6) is -0.0230. The van der Waals surface area contributed by atoms with Crippen molar-refractivity contribution < 1.29 is 9.59 Å². The lowest BCUT2D eigenvalue weighted by Gasteiger charge is -2.15. The number of hydrogen-bond donors (Lipinski definition) is 2. The zero-order valence-corrected chi connectivity index (χ0v) is 14.2. The summed E-state index contributed by atoms with van der Waals surface area (Å²) in [5, 5.41) is 5.55. The molecule has 0 aliphatic rings. The maximum atomic E-state index is 12.1. The fraction of sp³-hybridized carbons (Fsp3) is 0.533. The van der Waals surface area contributed by atoms with Gasteiger partial charge in [-0.3, -0.25) is 9.59 Å². The van der Waals surface area contributed by atoms with Crippen molar-refractivity contribution in [1.82, 2.24) is 15.6 Å². The average Bonchev–Trinajstić information content (AvgIpc) is 2.57. The van der Waals surface area contributed by atoms with Crippen LogP contribution in [0.5, 0.6) is 0 Å². The van der Waals surface area contributed by atoms with Gasteiger partial charge in [-0.2, -0.15) is 0 Å². The Hall–Kier alpha value is -1.33. The molecular weight excluding hydrogens is 325 g/mol. The summed E-state index contributed by atoms with van der Waals surface area (Å²) in [6.45, 7) is 3.86. The van der Waals surface area contributed by atoms with Crippen molar-refractivity contribution in [1.29, 1.82) is 0 Å². The van der Waals surface area contributed by atoms with Gasteiger partial charge in [-0.25, -0.2) is 4.98 Å². The Morgan fingerprint density at radius 3 is 1.73 bits per heavy atom. The first-order valence-electron chi connectivity index (χ1n) is 7.26. The number of amides is 2. The molecule has 1 aromatic rings. The maximum absolute atomic E-state index is 12.1. The highest BCUT2D eigenvalue weighted by Gasteiger charge is 2.16. The molecular formula is C15H21Cl2N3O2. The lowest BCUT2D eigenvalue weighted by Crippen LogP contribution is -2.38. The van der Waals surface area contributed by atoms with Crippen molar-refractivity contribution in [3.05, 3.63) is 29.6 Å². The summed E-state index contributed by atoms with van der Waals surface area (Å²) >= 11 is 11.5. The zero-order valence-electron chi connectivity index (χ0n) is 12.7. The van der Waals surface area contributed by atoms with Crippen molar-refractivity contribution in [3.8, 4) is 0 Å². The van der Waals surface area contributed by atoms with Gasteiger partial charge < -0.3 is 10.6 Å². The van der Waals surface area contributed by atoms with E-state index in [2.05, 4.69) is 15.6 Å². The van der Waals surface area contributed by atoms with Gasteiger partial charge >= 0.3 is 0 Å². The minimum absolute atomic E-state index is 0.117. The van der Waals surface area contributed by atoms with E-state index in [1.807, 2.05) is 13.8 Å². The molecule has 0 fully saturated rings. The topological polar surface area (TPSA) is 71.1 Å². The number of nitrogens with one attached hydrogen (secondary N) is 2. The summed E-state index contributed by atoms with van der Waals surface area (Å²) < 4.78 is 0. The lowest BCUT2D eigenvalue weighted by atomic mass is 10.2. The van der Waals surface area contributed by atoms with Gasteiger partial charge in [0.15, 0.2) is 0 Å². The molecule has 2 unspecified atom stereocenters. The van der Waals surface area contributed by atoms with Crippen LogP contribution < -0.4 is 10.6 Å². The molecule has 7 heteroatoms. The molecule has 2 atom stereocenters. The van der Waals surface area contributed by atoms with Crippen molar-refractivity contribution in [3.63, 3.8) is 0 Å². The van der Waals surface area contributed by atoms with Crippen molar-refractivity contribution in [2.45, 2.75) is 38.8 Å². The van der Waals surface area contributed by atoms with E-state index in [-0.39, 0.29) is 35.3 Å². The Morgan fingerprint density at radius 2 is 1.41 bits per heavy atom. The SMILES string of the molecule is CCC(CCl)NC(=O)c1cccc(C(=O)NC(CC)CCl)n1. The van der Waals surface area contributed by atoms with Crippen molar-refractivity contribution in [2.75, 3.05) is 11.8 Å². The van der Waals surface area contributed by atoms with E-state index in [4.69, 9.17) is 23.2 Å². The van der Waals surface area contributed by atoms with E-state index in [1.54, 1.807) is 18.2 Å². The standard InChI is InChI=1S/C15H21Cl2N3O2/c1-3-10(8-16)18-14(21)12-6-5-7-13(20-12)15(22)19-11(4-2)9-17/h5-7,10-11H,3-4,8-9H2,1-2H3,(H,18,21)(H,19,22). The Morgan fingerprint density at radius 1 is 1.00 bits per heavy atom. The number of pyridine rings is 1. The van der Waals surface area contributed by atoms with Crippen LogP contribution in [0.3, 0.4) is 0 Å². The Bertz CT molecular complexity index is 462. The van der Waals surface area contributed by atoms with Crippen LogP contribution in [-0.2, 0) is 0 Å². The Labute approximate surface area is 140 Å². The van der Waals surface area contributed by atoms with Crippen molar-refractivity contribution >= 4 is 35.0 Å². The van der Waals surface area contributed by atoms with Crippen LogP contribution in [0.4, 0.5) is 0 Å². The molecule has 122 valence electrons. The highest BCUT2D eigenvalue weighted by atomic mass is 35.5. The summed E-state index contributed by atoms with van der Waals surface area (Å²) in [4.78, 5) is 28.3. The first-order chi connectivity index (χ1) is 10.5. The second kappa shape index (κ2) is 9.64. The second-order valence-electron chi connectivity index (χ2n) is 4.87. The monoisotopic (exact) mass is 345 g/mol. The van der Waals surface area contributed by atoms with E-state index in [1.165, 1.54) is 0 Å². The molecule has 0 spiro atoms. The van der Waals surface area contributed by atoms with E-state index in [0.717, 1.165) is 12.8 Å². The Kier molecular flexibility index (Phi) is 8.20. The third-order valence-electron chi connectivity index (χ3n) is 3.24. The van der Waals surface area contributed by atoms with E-state index < -0.39 is 0 Å². The van der Waals surface area contributed by atoms with Crippen LogP contribution in [0.1, 0.15) is 47.7 Å². The molecule has 1 rings (SSSR count). The minimum atomic E-state index is -0.341. The largest absolute Gasteiger partial charge is 0.347 e. The molecule has 2 amide bonds. The molecule has 0 aliphatic heterocycles. The van der Waals surface area contributed by atoms with Gasteiger partial charge in [0.25, 0.3) is 11.8 Å². The van der Waals surface area contributed by atoms with Crippen LogP contribution in [-0.4, -0.2) is 40.6 Å². The molecule has 0 aliphatic carbocycles. The number of halogens is 2. The van der Waals surface area contributed by atoms with Gasteiger partial charge in [0.05, 0.1) is 0 Å². The van der Waals surface area contributed by atoms with E-state index in [9.17, 15) is 9.59 Å². The van der Waals surface area contributed by atoms with E-state index >= 15 is 0 Å². The van der Waals surface area contributed by atoms with Crippen LogP contribution in [0, 0.1) is 0 Å². The number of nitrogens with zero attached hydrogens (tertiary/aromatic N) is 1. The predicted molar refractivity (Wildman–Crippen MR) is 88.8 cm³/mol. The third-order valence-corrected chi connectivity index (χ3v) is 3.99. The summed E-state index contributed by atoms with van der Waals surface area (Å²) in [6.07, 6.45) is 1.45. The predicted octanol–water partition coefficient (Wildman–Crippen LogP) is 2.58. The molecule has 1 heterocycles. The first-order valence-corrected chi connectivity index (χ1v) is 8.33. The van der Waals surface area contributed by atoms with Gasteiger partial charge in [0.2, 0.25) is 0 Å². The third kappa shape index (κ3) is 5.46. The molecule has 0 saturated carbocycles. The molecule has 2 N–H and O–H groups in total. The van der Waals surface area contributed by atoms with Gasteiger partial charge in [-0.05, 0) is 25.0 Å². The summed E-state index contributed by atoms with van der Waals surface area (Å²) in [7, 11) is 0. The number of carbonyl (C=O) groups is 2. The summed E-state index contributed by atoms with van der Waals surface area (Å²) in [6, 6.07) is 4.51. The molecule has 22 heavy (non-hydrogen) atoms. The highest BCUT2D eigenvalue weighted by Crippen LogP contribution is 2.04. The van der Waals surface area contributed by atoms with Crippen LogP contribution in [0.15, 0.2) is 18.2 Å². The fourth-order valence-electron chi connectivity index (χ4n) is 1.71. The molecule has 0 saturated heterocycles. The normalized spacial score (nSPS) is 13.3. The fourth-order valence-corrected chi connectivity index (χ4v) is 2.30. The number of carbonyl (C=O) groups excluding carboxylic acids is 2. The van der Waals surface area contributed by atoms with Crippen molar-refractivity contribution in [2.24, 2.45) is 0 Å². The van der Waals surface area contributed by atoms with Gasteiger partial charge in [0, 0.05) is 23.8 Å². The number of hydrogen-bond acceptors (Lipinski definition) is 3. The zero-order chi connectivity index (χ0) is 16.5. The molecule has 0 aromatic carbocycles. The average molecular weight is 346 g/mol. The van der Waals surface area contributed by atoms with Gasteiger partial charge in [-0.15, -0.1) is 23.2 Å². The Balaban J connectivity index is 2.81. The van der Waals surface area contributed by atoms with Crippen LogP contribution >= 0.6 is 23.2 Å². The minimum Gasteiger partial charge on any atom is -0.347 e. The molecule has 0 radical (unpaired) electrons. The molecule has 1 aromatic heterocycles. The molecule has 5 nitrogen and oxygen atoms in total. The van der Waals surface area contributed by atoms with E-state index in [0.29, 0.717) is 11.8 Å². The number of rotatable bonds is 8. The molecule has 0 bridgehead atoms. The lowest BCUT2D eigenvalue weighted by molar-refractivity contribution is 0.0930. The van der Waals surface area contributed by atoms with Gasteiger partial charge in [-0.1, -0.05) is 19.9 Å². The summed E-state index contributed by atoms with van der Waals surface area (Å²) in [5.41, 5.74) is 0.380. The maximum Gasteiger partial charge on any atom is 0.270 e. The first kappa shape index (κ1) is 18.7. The smallest absolute Gasteiger partial charge is 0.270 e. The number of aromatic nitrogens is 1.